The van der Waals surface area contributed by atoms with Crippen molar-refractivity contribution < 1.29 is 27.4 Å². The number of hydrogen-bond donors (Lipinski definition) is 1. The molecule has 2 atom stereocenters. The van der Waals surface area contributed by atoms with Crippen LogP contribution in [0.25, 0.3) is 10.9 Å². The molecule has 1 aliphatic rings. The molecule has 0 saturated carbocycles. The summed E-state index contributed by atoms with van der Waals surface area (Å²) in [5.74, 6) is -0.863. The number of carboxylic acids is 1. The zero-order chi connectivity index (χ0) is 23.9. The number of benzene rings is 2. The van der Waals surface area contributed by atoms with Gasteiger partial charge in [0.05, 0.1) is 29.0 Å². The third-order valence-electron chi connectivity index (χ3n) is 5.95. The first-order chi connectivity index (χ1) is 15.6. The summed E-state index contributed by atoms with van der Waals surface area (Å²) in [7, 11) is -3.74. The van der Waals surface area contributed by atoms with Gasteiger partial charge in [-0.15, -0.1) is 0 Å². The van der Waals surface area contributed by atoms with Gasteiger partial charge in [0.25, 0.3) is 0 Å². The van der Waals surface area contributed by atoms with Crippen LogP contribution >= 0.6 is 0 Å². The molecule has 1 N–H and O–H groups in total. The molecule has 2 heterocycles. The minimum absolute atomic E-state index is 0.0140. The number of carboxylic acid groups (broad SMARTS) is 1. The Bertz CT molecular complexity index is 1280. The number of carbonyl (C=O) groups is 1. The van der Waals surface area contributed by atoms with E-state index in [0.717, 1.165) is 0 Å². The predicted molar refractivity (Wildman–Crippen MR) is 122 cm³/mol. The Labute approximate surface area is 192 Å². The number of sulfonamides is 1. The molecule has 3 aromatic rings. The molecular weight excluding hydrogens is 447 g/mol. The van der Waals surface area contributed by atoms with E-state index in [2.05, 4.69) is 0 Å². The van der Waals surface area contributed by atoms with Crippen molar-refractivity contribution in [2.75, 3.05) is 13.1 Å². The number of aromatic nitrogens is 1. The molecule has 0 spiro atoms. The number of ether oxygens (including phenoxy) is 1. The topological polar surface area (TPSA) is 88.8 Å². The molecule has 1 saturated heterocycles. The maximum atomic E-state index is 14.0. The smallest absolute Gasteiger partial charge is 0.307 e. The van der Waals surface area contributed by atoms with E-state index in [1.54, 1.807) is 24.4 Å². The molecule has 176 valence electrons. The Morgan fingerprint density at radius 2 is 1.88 bits per heavy atom. The van der Waals surface area contributed by atoms with Crippen molar-refractivity contribution >= 4 is 26.9 Å². The molecule has 0 amide bonds. The Hall–Kier alpha value is -2.91. The minimum Gasteiger partial charge on any atom is -0.491 e. The lowest BCUT2D eigenvalue weighted by Crippen LogP contribution is -2.29. The average Bonchev–Trinajstić information content (AvgIpc) is 3.28. The lowest BCUT2D eigenvalue weighted by atomic mass is 10.1. The summed E-state index contributed by atoms with van der Waals surface area (Å²) in [5, 5.41) is 9.93. The van der Waals surface area contributed by atoms with Crippen molar-refractivity contribution in [1.82, 2.24) is 8.87 Å². The van der Waals surface area contributed by atoms with E-state index in [1.165, 1.54) is 28.6 Å². The molecule has 9 heteroatoms. The maximum Gasteiger partial charge on any atom is 0.307 e. The van der Waals surface area contributed by atoms with Gasteiger partial charge in [-0.05, 0) is 67.8 Å². The van der Waals surface area contributed by atoms with Crippen molar-refractivity contribution in [3.05, 3.63) is 60.0 Å². The molecule has 0 aliphatic carbocycles. The van der Waals surface area contributed by atoms with Crippen LogP contribution < -0.4 is 4.74 Å². The highest BCUT2D eigenvalue weighted by atomic mass is 32.2. The van der Waals surface area contributed by atoms with E-state index >= 15 is 0 Å². The van der Waals surface area contributed by atoms with Gasteiger partial charge in [-0.2, -0.15) is 4.31 Å². The summed E-state index contributed by atoms with van der Waals surface area (Å²) in [6, 6.07) is 10.4. The van der Waals surface area contributed by atoms with Crippen LogP contribution in [0.1, 0.15) is 32.4 Å². The molecule has 0 bridgehead atoms. The third-order valence-corrected chi connectivity index (χ3v) is 7.80. The highest BCUT2D eigenvalue weighted by Gasteiger charge is 2.38. The summed E-state index contributed by atoms with van der Waals surface area (Å²) in [6.45, 7) is 6.26. The van der Waals surface area contributed by atoms with Gasteiger partial charge in [0.1, 0.15) is 11.6 Å². The van der Waals surface area contributed by atoms with Crippen molar-refractivity contribution in [2.24, 2.45) is 5.92 Å². The quantitative estimate of drug-likeness (QED) is 0.558. The number of fused-ring (bicyclic) bond motifs is 1. The Kier molecular flexibility index (Phi) is 6.20. The summed E-state index contributed by atoms with van der Waals surface area (Å²) < 4.78 is 49.5. The Morgan fingerprint density at radius 1 is 1.18 bits per heavy atom. The van der Waals surface area contributed by atoms with E-state index in [4.69, 9.17) is 4.74 Å². The Balaban J connectivity index is 1.64. The van der Waals surface area contributed by atoms with Crippen LogP contribution in [0, 0.1) is 11.7 Å². The zero-order valence-corrected chi connectivity index (χ0v) is 19.5. The van der Waals surface area contributed by atoms with Gasteiger partial charge in [-0.1, -0.05) is 6.92 Å². The number of halogens is 1. The van der Waals surface area contributed by atoms with E-state index in [1.807, 2.05) is 25.3 Å². The second-order valence-corrected chi connectivity index (χ2v) is 10.7. The molecule has 1 aromatic heterocycles. The van der Waals surface area contributed by atoms with Gasteiger partial charge < -0.3 is 14.4 Å². The zero-order valence-electron chi connectivity index (χ0n) is 18.7. The summed E-state index contributed by atoms with van der Waals surface area (Å²) >= 11 is 0. The minimum atomic E-state index is -3.74. The fourth-order valence-corrected chi connectivity index (χ4v) is 6.01. The van der Waals surface area contributed by atoms with E-state index < -0.39 is 21.8 Å². The normalized spacial score (nSPS) is 19.4. The second-order valence-electron chi connectivity index (χ2n) is 8.80. The van der Waals surface area contributed by atoms with Gasteiger partial charge in [0, 0.05) is 24.7 Å². The highest BCUT2D eigenvalue weighted by Crippen LogP contribution is 2.36. The van der Waals surface area contributed by atoms with Crippen LogP contribution in [-0.4, -0.2) is 47.6 Å². The van der Waals surface area contributed by atoms with Crippen LogP contribution in [0.2, 0.25) is 0 Å². The van der Waals surface area contributed by atoms with Gasteiger partial charge >= 0.3 is 5.97 Å². The van der Waals surface area contributed by atoms with E-state index in [0.29, 0.717) is 28.8 Å². The first kappa shape index (κ1) is 23.3. The molecule has 0 radical (unpaired) electrons. The fourth-order valence-electron chi connectivity index (χ4n) is 4.45. The van der Waals surface area contributed by atoms with Crippen molar-refractivity contribution in [3.63, 3.8) is 0 Å². The number of nitrogens with zero attached hydrogens (tertiary/aromatic N) is 2. The summed E-state index contributed by atoms with van der Waals surface area (Å²) in [4.78, 5) is 11.5. The van der Waals surface area contributed by atoms with E-state index in [-0.39, 0.29) is 35.9 Å². The number of rotatable bonds is 7. The van der Waals surface area contributed by atoms with Gasteiger partial charge in [-0.25, -0.2) is 12.8 Å². The van der Waals surface area contributed by atoms with Crippen molar-refractivity contribution in [3.8, 4) is 5.75 Å². The monoisotopic (exact) mass is 474 g/mol. The molecule has 1 fully saturated rings. The Morgan fingerprint density at radius 3 is 2.52 bits per heavy atom. The molecule has 2 aromatic carbocycles. The fraction of sp³-hybridized carbons (Fsp3) is 0.375. The van der Waals surface area contributed by atoms with Crippen LogP contribution in [-0.2, 0) is 21.2 Å². The van der Waals surface area contributed by atoms with Gasteiger partial charge in [0.15, 0.2) is 0 Å². The molecule has 0 unspecified atom stereocenters. The third kappa shape index (κ3) is 4.60. The van der Waals surface area contributed by atoms with Gasteiger partial charge in [0.2, 0.25) is 10.0 Å². The van der Waals surface area contributed by atoms with Crippen molar-refractivity contribution in [1.29, 1.82) is 0 Å². The SMILES string of the molecule is CC(C)Oc1ccc(S(=O)(=O)N2C[C@@H](C)[C@@H](n3cc(CC(=O)O)c4ccc(F)cc43)C2)cc1. The molecule has 33 heavy (non-hydrogen) atoms. The van der Waals surface area contributed by atoms with Crippen LogP contribution in [0.5, 0.6) is 5.75 Å². The average molecular weight is 475 g/mol. The number of hydrogen-bond acceptors (Lipinski definition) is 4. The maximum absolute atomic E-state index is 14.0. The standard InChI is InChI=1S/C24H27FN2O5S/c1-15(2)32-19-5-7-20(8-6-19)33(30,31)26-12-16(3)23(14-26)27-13-17(10-24(28)29)21-9-4-18(25)11-22(21)27/h4-9,11,13,15-16,23H,10,12,14H2,1-3H3,(H,28,29)/t16-,23+/m1/s1. The van der Waals surface area contributed by atoms with Crippen LogP contribution in [0.15, 0.2) is 53.6 Å². The number of aliphatic carboxylic acids is 1. The molecule has 4 rings (SSSR count). The van der Waals surface area contributed by atoms with E-state index in [9.17, 15) is 22.7 Å². The molecule has 7 nitrogen and oxygen atoms in total. The van der Waals surface area contributed by atoms with Crippen LogP contribution in [0.4, 0.5) is 4.39 Å². The first-order valence-electron chi connectivity index (χ1n) is 10.8. The van der Waals surface area contributed by atoms with Gasteiger partial charge in [-0.3, -0.25) is 4.79 Å². The summed E-state index contributed by atoms with van der Waals surface area (Å²) in [5.41, 5.74) is 1.14. The lowest BCUT2D eigenvalue weighted by molar-refractivity contribution is -0.136. The molecular formula is C24H27FN2O5S. The first-order valence-corrected chi connectivity index (χ1v) is 12.3. The highest BCUT2D eigenvalue weighted by molar-refractivity contribution is 7.89. The van der Waals surface area contributed by atoms with Crippen LogP contribution in [0.3, 0.4) is 0 Å². The summed E-state index contributed by atoms with van der Waals surface area (Å²) in [6.07, 6.45) is 1.51. The lowest BCUT2D eigenvalue weighted by Gasteiger charge is -2.19. The largest absolute Gasteiger partial charge is 0.491 e. The molecule has 1 aliphatic heterocycles. The predicted octanol–water partition coefficient (Wildman–Crippen LogP) is 4.08. The van der Waals surface area contributed by atoms with Crippen molar-refractivity contribution in [2.45, 2.75) is 44.2 Å². The second kappa shape index (κ2) is 8.79.